The van der Waals surface area contributed by atoms with Crippen molar-refractivity contribution in [1.82, 2.24) is 9.62 Å². The van der Waals surface area contributed by atoms with E-state index in [0.717, 1.165) is 5.56 Å². The van der Waals surface area contributed by atoms with Crippen LogP contribution in [0, 0.1) is 0 Å². The van der Waals surface area contributed by atoms with Crippen LogP contribution >= 0.6 is 23.2 Å². The molecule has 0 aliphatic carbocycles. The molecule has 2 saturated heterocycles. The van der Waals surface area contributed by atoms with E-state index in [2.05, 4.69) is 5.32 Å². The lowest BCUT2D eigenvalue weighted by Gasteiger charge is -2.43. The molecule has 11 heteroatoms. The van der Waals surface area contributed by atoms with E-state index in [4.69, 9.17) is 32.7 Å². The summed E-state index contributed by atoms with van der Waals surface area (Å²) < 4.78 is 40.1. The first-order valence-corrected chi connectivity index (χ1v) is 13.6. The molecule has 1 amide bonds. The summed E-state index contributed by atoms with van der Waals surface area (Å²) in [4.78, 5) is 12.5. The number of rotatable bonds is 6. The predicted octanol–water partition coefficient (Wildman–Crippen LogP) is 3.00. The van der Waals surface area contributed by atoms with Gasteiger partial charge in [-0.25, -0.2) is 8.42 Å². The van der Waals surface area contributed by atoms with Crippen molar-refractivity contribution in [2.75, 3.05) is 19.8 Å². The number of sulfonamides is 1. The van der Waals surface area contributed by atoms with Crippen molar-refractivity contribution in [1.29, 1.82) is 0 Å². The summed E-state index contributed by atoms with van der Waals surface area (Å²) in [5.74, 6) is -0.184. The molecule has 0 unspecified atom stereocenters. The zero-order valence-corrected chi connectivity index (χ0v) is 21.3. The number of nitrogens with zero attached hydrogens (tertiary/aromatic N) is 1. The summed E-state index contributed by atoms with van der Waals surface area (Å²) in [5.41, 5.74) is 0.819. The van der Waals surface area contributed by atoms with Gasteiger partial charge in [-0.15, -0.1) is 0 Å². The number of amides is 1. The highest BCUT2D eigenvalue weighted by atomic mass is 35.5. The number of aliphatic hydroxyl groups is 1. The van der Waals surface area contributed by atoms with Crippen LogP contribution in [0.1, 0.15) is 24.8 Å². The van der Waals surface area contributed by atoms with Gasteiger partial charge in [-0.2, -0.15) is 4.31 Å². The summed E-state index contributed by atoms with van der Waals surface area (Å²) in [6.07, 6.45) is -0.900. The Balaban J connectivity index is 1.44. The fraction of sp³-hybridized carbons (Fsp3) is 0.458. The molecule has 35 heavy (non-hydrogen) atoms. The molecular formula is C24H28Cl2N2O6S. The van der Waals surface area contributed by atoms with E-state index < -0.39 is 28.3 Å². The fourth-order valence-corrected chi connectivity index (χ4v) is 6.88. The van der Waals surface area contributed by atoms with Crippen molar-refractivity contribution in [3.05, 3.63) is 64.1 Å². The van der Waals surface area contributed by atoms with Crippen molar-refractivity contribution in [2.45, 2.75) is 55.1 Å². The second-order valence-electron chi connectivity index (χ2n) is 8.71. The van der Waals surface area contributed by atoms with E-state index in [-0.39, 0.29) is 48.1 Å². The highest BCUT2D eigenvalue weighted by molar-refractivity contribution is 7.89. The van der Waals surface area contributed by atoms with Gasteiger partial charge in [-0.1, -0.05) is 53.5 Å². The van der Waals surface area contributed by atoms with Gasteiger partial charge in [0.1, 0.15) is 4.90 Å². The number of fused-ring (bicyclic) bond motifs is 1. The van der Waals surface area contributed by atoms with Gasteiger partial charge < -0.3 is 19.9 Å². The summed E-state index contributed by atoms with van der Waals surface area (Å²) in [5, 5.41) is 13.9. The summed E-state index contributed by atoms with van der Waals surface area (Å²) in [6, 6.07) is 13.0. The summed E-state index contributed by atoms with van der Waals surface area (Å²) in [6.45, 7) is 0.251. The minimum atomic E-state index is -4.01. The molecule has 2 aromatic carbocycles. The van der Waals surface area contributed by atoms with Gasteiger partial charge in [0.05, 0.1) is 49.0 Å². The molecule has 2 heterocycles. The molecule has 0 saturated carbocycles. The number of carbonyl (C=O) groups excluding carboxylic acids is 1. The largest absolute Gasteiger partial charge is 0.389 e. The van der Waals surface area contributed by atoms with E-state index in [1.54, 1.807) is 18.2 Å². The molecular weight excluding hydrogens is 515 g/mol. The zero-order valence-electron chi connectivity index (χ0n) is 19.0. The third-order valence-electron chi connectivity index (χ3n) is 6.20. The minimum Gasteiger partial charge on any atom is -0.389 e. The van der Waals surface area contributed by atoms with Crippen LogP contribution in [-0.4, -0.2) is 67.8 Å². The number of carbonyl (C=O) groups is 1. The summed E-state index contributed by atoms with van der Waals surface area (Å²) in [7, 11) is -4.01. The van der Waals surface area contributed by atoms with Crippen molar-refractivity contribution in [3.63, 3.8) is 0 Å². The maximum atomic E-state index is 13.5. The molecule has 2 aromatic rings. The third-order valence-corrected chi connectivity index (χ3v) is 8.96. The van der Waals surface area contributed by atoms with E-state index in [1.165, 1.54) is 16.4 Å². The molecule has 8 nitrogen and oxygen atoms in total. The van der Waals surface area contributed by atoms with Crippen LogP contribution in [0.2, 0.25) is 10.0 Å². The van der Waals surface area contributed by atoms with E-state index >= 15 is 0 Å². The Bertz CT molecular complexity index is 1150. The van der Waals surface area contributed by atoms with Crippen LogP contribution in [-0.2, 0) is 30.8 Å². The number of halogens is 2. The van der Waals surface area contributed by atoms with E-state index in [0.29, 0.717) is 24.4 Å². The lowest BCUT2D eigenvalue weighted by molar-refractivity contribution is -0.146. The first-order chi connectivity index (χ1) is 16.8. The third kappa shape index (κ3) is 6.35. The molecule has 2 aliphatic rings. The van der Waals surface area contributed by atoms with Crippen molar-refractivity contribution in [3.8, 4) is 0 Å². The lowest BCUT2D eigenvalue weighted by atomic mass is 9.96. The van der Waals surface area contributed by atoms with Crippen LogP contribution in [0.25, 0.3) is 0 Å². The van der Waals surface area contributed by atoms with Gasteiger partial charge in [0.25, 0.3) is 0 Å². The van der Waals surface area contributed by atoms with Crippen molar-refractivity contribution in [2.24, 2.45) is 0 Å². The minimum absolute atomic E-state index is 0.0183. The smallest absolute Gasteiger partial charge is 0.244 e. The quantitative estimate of drug-likeness (QED) is 0.581. The number of hydrogen-bond donors (Lipinski definition) is 2. The number of nitrogens with one attached hydrogen (secondary N) is 1. The zero-order chi connectivity index (χ0) is 25.0. The van der Waals surface area contributed by atoms with Gasteiger partial charge in [0.15, 0.2) is 0 Å². The molecule has 4 rings (SSSR count). The first-order valence-electron chi connectivity index (χ1n) is 11.4. The Hall–Kier alpha value is -1.72. The van der Waals surface area contributed by atoms with Gasteiger partial charge in [0.2, 0.25) is 15.9 Å². The fourth-order valence-electron chi connectivity index (χ4n) is 4.47. The number of hydrogen-bond acceptors (Lipinski definition) is 6. The highest BCUT2D eigenvalue weighted by Crippen LogP contribution is 2.33. The predicted molar refractivity (Wildman–Crippen MR) is 132 cm³/mol. The monoisotopic (exact) mass is 542 g/mol. The van der Waals surface area contributed by atoms with Crippen LogP contribution in [0.4, 0.5) is 0 Å². The van der Waals surface area contributed by atoms with Gasteiger partial charge >= 0.3 is 0 Å². The first kappa shape index (κ1) is 26.3. The molecule has 0 spiro atoms. The maximum absolute atomic E-state index is 13.5. The number of aliphatic hydroxyl groups excluding tert-OH is 1. The standard InChI is InChI=1S/C24H28Cl2N2O6S/c25-19-6-2-1-5-16(19)12-27-24(30)11-18-9-10-21-22(34-18)15-33-14-17(29)13-28(21)35(31,32)23-8-4-3-7-20(23)26/h1-8,17-18,21-22,29H,9-15H2,(H,27,30)/t17-,18+,21+,22-/m1/s1. The van der Waals surface area contributed by atoms with E-state index in [1.807, 2.05) is 18.2 Å². The number of ether oxygens (including phenoxy) is 2. The Morgan fingerprint density at radius 1 is 1.06 bits per heavy atom. The SMILES string of the molecule is O=C(C[C@@H]1CC[C@H]2[C@@H](COC[C@H](O)CN2S(=O)(=O)c2ccccc2Cl)O1)NCc1ccccc1Cl. The van der Waals surface area contributed by atoms with Crippen LogP contribution in [0.15, 0.2) is 53.4 Å². The topological polar surface area (TPSA) is 105 Å². The number of benzene rings is 2. The molecule has 4 atom stereocenters. The van der Waals surface area contributed by atoms with Crippen LogP contribution < -0.4 is 5.32 Å². The Morgan fingerprint density at radius 2 is 1.77 bits per heavy atom. The maximum Gasteiger partial charge on any atom is 0.244 e. The molecule has 0 radical (unpaired) electrons. The molecule has 0 aromatic heterocycles. The average molecular weight is 543 g/mol. The number of β-amino-alcohol motifs (C(OH)–C–C–N with tert-alkyl or cyclic N) is 1. The van der Waals surface area contributed by atoms with Gasteiger partial charge in [-0.3, -0.25) is 4.79 Å². The molecule has 190 valence electrons. The van der Waals surface area contributed by atoms with Crippen molar-refractivity contribution < 1.29 is 27.8 Å². The normalized spacial score (nSPS) is 25.8. The Morgan fingerprint density at radius 3 is 2.51 bits per heavy atom. The Labute approximate surface area is 215 Å². The van der Waals surface area contributed by atoms with Crippen molar-refractivity contribution >= 4 is 39.1 Å². The average Bonchev–Trinajstić information content (AvgIpc) is 2.81. The van der Waals surface area contributed by atoms with Gasteiger partial charge in [0, 0.05) is 18.1 Å². The molecule has 0 bridgehead atoms. The second-order valence-corrected chi connectivity index (χ2v) is 11.4. The van der Waals surface area contributed by atoms with E-state index in [9.17, 15) is 18.3 Å². The molecule has 2 N–H and O–H groups in total. The Kier molecular flexibility index (Phi) is 8.70. The highest BCUT2D eigenvalue weighted by Gasteiger charge is 2.43. The molecule has 2 fully saturated rings. The van der Waals surface area contributed by atoms with Crippen LogP contribution in [0.3, 0.4) is 0 Å². The van der Waals surface area contributed by atoms with Crippen LogP contribution in [0.5, 0.6) is 0 Å². The lowest BCUT2D eigenvalue weighted by Crippen LogP contribution is -2.57. The second kappa shape index (κ2) is 11.6. The molecule has 2 aliphatic heterocycles. The summed E-state index contributed by atoms with van der Waals surface area (Å²) >= 11 is 12.3. The van der Waals surface area contributed by atoms with Gasteiger partial charge in [-0.05, 0) is 36.6 Å².